The van der Waals surface area contributed by atoms with E-state index in [-0.39, 0.29) is 12.4 Å². The van der Waals surface area contributed by atoms with Crippen molar-refractivity contribution in [3.8, 4) is 17.2 Å². The Morgan fingerprint density at radius 3 is 2.03 bits per heavy atom. The molecule has 0 amide bonds. The topological polar surface area (TPSA) is 111 Å². The van der Waals surface area contributed by atoms with Crippen molar-refractivity contribution in [3.05, 3.63) is 47.0 Å². The minimum absolute atomic E-state index is 0.0469. The first-order valence-electron chi connectivity index (χ1n) is 11.3. The van der Waals surface area contributed by atoms with Crippen molar-refractivity contribution in [3.63, 3.8) is 0 Å². The molecule has 0 bridgehead atoms. The van der Waals surface area contributed by atoms with Crippen LogP contribution in [0.4, 0.5) is 5.69 Å². The number of methoxy groups -OCH3 is 1. The summed E-state index contributed by atoms with van der Waals surface area (Å²) in [4.78, 5) is 12.9. The lowest BCUT2D eigenvalue weighted by molar-refractivity contribution is 0.0978. The van der Waals surface area contributed by atoms with Crippen LogP contribution < -0.4 is 19.9 Å². The SMILES string of the molecule is CCCOc1cc(OCCC)c(C(=O)CCc2ccc(OC)c(N)c2)cc1C.CCO.CO. The number of nitrogen functional groups attached to an aromatic ring is 1. The van der Waals surface area contributed by atoms with Crippen molar-refractivity contribution in [1.82, 2.24) is 0 Å². The third-order valence-electron chi connectivity index (χ3n) is 4.44. The Morgan fingerprint density at radius 2 is 1.52 bits per heavy atom. The van der Waals surface area contributed by atoms with Crippen molar-refractivity contribution >= 4 is 11.5 Å². The van der Waals surface area contributed by atoms with Crippen LogP contribution in [0.25, 0.3) is 0 Å². The number of Topliss-reactive ketones (excluding diaryl/α,β-unsaturated/α-hetero) is 1. The largest absolute Gasteiger partial charge is 0.495 e. The van der Waals surface area contributed by atoms with Gasteiger partial charge in [0.05, 0.1) is 31.6 Å². The minimum atomic E-state index is 0.0469. The predicted molar refractivity (Wildman–Crippen MR) is 134 cm³/mol. The molecule has 0 unspecified atom stereocenters. The Hall–Kier alpha value is -2.77. The van der Waals surface area contributed by atoms with Crippen LogP contribution in [0, 0.1) is 6.92 Å². The summed E-state index contributed by atoms with van der Waals surface area (Å²) in [6.45, 7) is 9.19. The van der Waals surface area contributed by atoms with Crippen LogP contribution in [-0.4, -0.2) is 50.0 Å². The van der Waals surface area contributed by atoms with E-state index in [2.05, 4.69) is 6.92 Å². The summed E-state index contributed by atoms with van der Waals surface area (Å²) in [6, 6.07) is 9.34. The molecule has 2 rings (SSSR count). The fourth-order valence-electron chi connectivity index (χ4n) is 2.92. The van der Waals surface area contributed by atoms with Gasteiger partial charge in [-0.1, -0.05) is 19.9 Å². The summed E-state index contributed by atoms with van der Waals surface area (Å²) in [5.74, 6) is 2.06. The van der Waals surface area contributed by atoms with E-state index in [1.807, 2.05) is 44.2 Å². The van der Waals surface area contributed by atoms with E-state index < -0.39 is 0 Å². The summed E-state index contributed by atoms with van der Waals surface area (Å²) in [6.07, 6.45) is 2.78. The van der Waals surface area contributed by atoms with Crippen LogP contribution in [0.3, 0.4) is 0 Å². The van der Waals surface area contributed by atoms with Crippen LogP contribution in [0.5, 0.6) is 17.2 Å². The number of ketones is 1. The molecule has 0 saturated heterocycles. The van der Waals surface area contributed by atoms with Crippen molar-refractivity contribution in [2.45, 2.75) is 53.4 Å². The molecule has 0 aliphatic rings. The van der Waals surface area contributed by atoms with Gasteiger partial charge in [-0.3, -0.25) is 4.79 Å². The highest BCUT2D eigenvalue weighted by Crippen LogP contribution is 2.31. The van der Waals surface area contributed by atoms with Gasteiger partial charge in [0.25, 0.3) is 0 Å². The van der Waals surface area contributed by atoms with Gasteiger partial charge < -0.3 is 30.2 Å². The molecule has 7 heteroatoms. The molecule has 0 atom stereocenters. The quantitative estimate of drug-likeness (QED) is 0.330. The predicted octanol–water partition coefficient (Wildman–Crippen LogP) is 4.59. The lowest BCUT2D eigenvalue weighted by Gasteiger charge is -2.15. The second-order valence-electron chi connectivity index (χ2n) is 7.13. The molecule has 0 heterocycles. The van der Waals surface area contributed by atoms with Crippen LogP contribution >= 0.6 is 0 Å². The molecule has 0 radical (unpaired) electrons. The van der Waals surface area contributed by atoms with Gasteiger partial charge in [0.1, 0.15) is 17.2 Å². The van der Waals surface area contributed by atoms with Gasteiger partial charge in [-0.05, 0) is 62.4 Å². The van der Waals surface area contributed by atoms with Gasteiger partial charge in [-0.25, -0.2) is 0 Å². The molecule has 0 fully saturated rings. The van der Waals surface area contributed by atoms with Gasteiger partial charge in [-0.15, -0.1) is 0 Å². The average Bonchev–Trinajstić information content (AvgIpc) is 2.82. The molecule has 2 aromatic rings. The first-order valence-corrected chi connectivity index (χ1v) is 11.3. The number of anilines is 1. The second kappa shape index (κ2) is 17.7. The molecule has 0 spiro atoms. The van der Waals surface area contributed by atoms with Crippen molar-refractivity contribution in [2.24, 2.45) is 0 Å². The van der Waals surface area contributed by atoms with Gasteiger partial charge in [0.15, 0.2) is 5.78 Å². The molecule has 0 aliphatic carbocycles. The molecule has 4 N–H and O–H groups in total. The number of aliphatic hydroxyl groups excluding tert-OH is 2. The van der Waals surface area contributed by atoms with E-state index in [0.29, 0.717) is 48.8 Å². The number of rotatable bonds is 11. The summed E-state index contributed by atoms with van der Waals surface area (Å²) in [7, 11) is 2.59. The first kappa shape index (κ1) is 30.2. The zero-order chi connectivity index (χ0) is 25.2. The molecule has 0 aliphatic heterocycles. The third kappa shape index (κ3) is 10.6. The van der Waals surface area contributed by atoms with Crippen molar-refractivity contribution in [1.29, 1.82) is 0 Å². The van der Waals surface area contributed by atoms with E-state index >= 15 is 0 Å². The van der Waals surface area contributed by atoms with Crippen LogP contribution in [0.2, 0.25) is 0 Å². The first-order chi connectivity index (χ1) is 15.9. The Bertz CT molecular complexity index is 823. The van der Waals surface area contributed by atoms with E-state index in [9.17, 15) is 4.79 Å². The molecule has 33 heavy (non-hydrogen) atoms. The van der Waals surface area contributed by atoms with Crippen molar-refractivity contribution in [2.75, 3.05) is 39.8 Å². The summed E-state index contributed by atoms with van der Waals surface area (Å²) in [5.41, 5.74) is 9.09. The van der Waals surface area contributed by atoms with Gasteiger partial charge >= 0.3 is 0 Å². The highest BCUT2D eigenvalue weighted by Gasteiger charge is 2.17. The van der Waals surface area contributed by atoms with Crippen molar-refractivity contribution < 1.29 is 29.2 Å². The van der Waals surface area contributed by atoms with Crippen LogP contribution in [-0.2, 0) is 6.42 Å². The molecule has 186 valence electrons. The molecule has 7 nitrogen and oxygen atoms in total. The molecular formula is C26H41NO6. The van der Waals surface area contributed by atoms with E-state index in [0.717, 1.165) is 36.8 Å². The average molecular weight is 464 g/mol. The zero-order valence-corrected chi connectivity index (χ0v) is 20.9. The van der Waals surface area contributed by atoms with E-state index in [1.165, 1.54) is 0 Å². The number of ether oxygens (including phenoxy) is 3. The number of carbonyl (C=O) groups is 1. The van der Waals surface area contributed by atoms with Crippen LogP contribution in [0.15, 0.2) is 30.3 Å². The van der Waals surface area contributed by atoms with Gasteiger partial charge in [-0.2, -0.15) is 0 Å². The highest BCUT2D eigenvalue weighted by atomic mass is 16.5. The Morgan fingerprint density at radius 1 is 0.939 bits per heavy atom. The number of carbonyl (C=O) groups excluding carboxylic acids is 1. The number of hydrogen-bond acceptors (Lipinski definition) is 7. The second-order valence-corrected chi connectivity index (χ2v) is 7.13. The Labute approximate surface area is 198 Å². The minimum Gasteiger partial charge on any atom is -0.495 e. The summed E-state index contributed by atoms with van der Waals surface area (Å²) >= 11 is 0. The maximum absolute atomic E-state index is 12.9. The monoisotopic (exact) mass is 463 g/mol. The number of hydrogen-bond donors (Lipinski definition) is 3. The molecule has 2 aromatic carbocycles. The summed E-state index contributed by atoms with van der Waals surface area (Å²) in [5, 5.41) is 14.6. The molecular weight excluding hydrogens is 422 g/mol. The standard InChI is InChI=1S/C23H31NO4.C2H6O.CH4O/c1-5-11-27-22-15-23(28-12-6-2)18(13-16(22)3)20(25)9-7-17-8-10-21(26-4)19(24)14-17;1-2-3;1-2/h8,10,13-15H,5-7,9,11-12,24H2,1-4H3;3H,2H2,1H3;2H,1H3. The smallest absolute Gasteiger partial charge is 0.166 e. The molecule has 0 saturated carbocycles. The third-order valence-corrected chi connectivity index (χ3v) is 4.44. The normalized spacial score (nSPS) is 9.70. The Kier molecular flexibility index (Phi) is 16.3. The zero-order valence-electron chi connectivity index (χ0n) is 20.9. The Balaban J connectivity index is 0.00000189. The van der Waals surface area contributed by atoms with Gasteiger partial charge in [0, 0.05) is 26.2 Å². The summed E-state index contributed by atoms with van der Waals surface area (Å²) < 4.78 is 16.8. The lowest BCUT2D eigenvalue weighted by atomic mass is 9.99. The number of nitrogens with two attached hydrogens (primary N) is 1. The fraction of sp³-hybridized carbons (Fsp3) is 0.500. The highest BCUT2D eigenvalue weighted by molar-refractivity contribution is 5.99. The maximum Gasteiger partial charge on any atom is 0.166 e. The lowest BCUT2D eigenvalue weighted by Crippen LogP contribution is -2.08. The molecule has 0 aromatic heterocycles. The van der Waals surface area contributed by atoms with Crippen LogP contribution in [0.1, 0.15) is 61.5 Å². The fourth-order valence-corrected chi connectivity index (χ4v) is 2.92. The van der Waals surface area contributed by atoms with Gasteiger partial charge in [0.2, 0.25) is 0 Å². The number of aryl methyl sites for hydroxylation is 2. The maximum atomic E-state index is 12.9. The van der Waals surface area contributed by atoms with E-state index in [4.69, 9.17) is 30.2 Å². The number of aliphatic hydroxyl groups is 2. The number of benzene rings is 2. The van der Waals surface area contributed by atoms with E-state index in [1.54, 1.807) is 14.0 Å².